The Morgan fingerprint density at radius 1 is 1.32 bits per heavy atom. The van der Waals surface area contributed by atoms with Crippen LogP contribution in [0.2, 0.25) is 0 Å². The van der Waals surface area contributed by atoms with E-state index in [4.69, 9.17) is 4.98 Å². The zero-order valence-electron chi connectivity index (χ0n) is 13.5. The summed E-state index contributed by atoms with van der Waals surface area (Å²) >= 11 is 0. The Bertz CT molecular complexity index is 407. The van der Waals surface area contributed by atoms with E-state index in [2.05, 4.69) is 70.9 Å². The number of nitrogens with zero attached hydrogens (tertiary/aromatic N) is 2. The summed E-state index contributed by atoms with van der Waals surface area (Å²) in [4.78, 5) is 7.01. The summed E-state index contributed by atoms with van der Waals surface area (Å²) in [6.45, 7) is 15.1. The van der Waals surface area contributed by atoms with E-state index in [9.17, 15) is 0 Å². The zero-order valence-corrected chi connectivity index (χ0v) is 13.5. The molecule has 1 rings (SSSR count). The Labute approximate surface area is 118 Å². The first-order valence-electron chi connectivity index (χ1n) is 7.17. The first-order chi connectivity index (χ1) is 8.77. The van der Waals surface area contributed by atoms with Crippen LogP contribution < -0.4 is 10.2 Å². The van der Waals surface area contributed by atoms with Crippen molar-refractivity contribution in [1.29, 1.82) is 0 Å². The van der Waals surface area contributed by atoms with Crippen LogP contribution in [-0.2, 0) is 6.54 Å². The number of hydrogen-bond acceptors (Lipinski definition) is 3. The number of hydrogen-bond donors (Lipinski definition) is 1. The van der Waals surface area contributed by atoms with E-state index in [-0.39, 0.29) is 5.41 Å². The smallest absolute Gasteiger partial charge is 0.128 e. The summed E-state index contributed by atoms with van der Waals surface area (Å²) in [6.07, 6.45) is 0. The average Bonchev–Trinajstić information content (AvgIpc) is 2.34. The topological polar surface area (TPSA) is 28.2 Å². The van der Waals surface area contributed by atoms with Gasteiger partial charge in [-0.05, 0) is 37.4 Å². The molecule has 0 fully saturated rings. The fourth-order valence-electron chi connectivity index (χ4n) is 2.00. The molecule has 1 aromatic rings. The third-order valence-corrected chi connectivity index (χ3v) is 3.94. The Kier molecular flexibility index (Phi) is 5.36. The highest BCUT2D eigenvalue weighted by atomic mass is 15.2. The van der Waals surface area contributed by atoms with E-state index in [1.54, 1.807) is 0 Å². The van der Waals surface area contributed by atoms with Crippen LogP contribution in [0, 0.1) is 12.3 Å². The second-order valence-corrected chi connectivity index (χ2v) is 6.35. The molecule has 0 aliphatic heterocycles. The molecule has 0 radical (unpaired) electrons. The van der Waals surface area contributed by atoms with Gasteiger partial charge in [-0.25, -0.2) is 4.98 Å². The second kappa shape index (κ2) is 6.38. The molecule has 1 heterocycles. The van der Waals surface area contributed by atoms with E-state index in [1.165, 1.54) is 5.56 Å². The molecule has 1 atom stereocenters. The van der Waals surface area contributed by atoms with Crippen molar-refractivity contribution in [2.45, 2.75) is 54.1 Å². The van der Waals surface area contributed by atoms with Crippen molar-refractivity contribution in [1.82, 2.24) is 10.3 Å². The van der Waals surface area contributed by atoms with Crippen molar-refractivity contribution < 1.29 is 0 Å². The van der Waals surface area contributed by atoms with Crippen molar-refractivity contribution in [2.75, 3.05) is 18.5 Å². The van der Waals surface area contributed by atoms with Crippen molar-refractivity contribution in [3.63, 3.8) is 0 Å². The highest BCUT2D eigenvalue weighted by Gasteiger charge is 2.24. The van der Waals surface area contributed by atoms with Crippen LogP contribution in [0.25, 0.3) is 0 Å². The highest BCUT2D eigenvalue weighted by Crippen LogP contribution is 2.26. The van der Waals surface area contributed by atoms with Crippen LogP contribution in [0.15, 0.2) is 12.1 Å². The van der Waals surface area contributed by atoms with Gasteiger partial charge in [0.05, 0.1) is 0 Å². The third kappa shape index (κ3) is 4.20. The monoisotopic (exact) mass is 263 g/mol. The number of aryl methyl sites for hydroxylation is 1. The largest absolute Gasteiger partial charge is 0.356 e. The first-order valence-corrected chi connectivity index (χ1v) is 7.17. The van der Waals surface area contributed by atoms with Gasteiger partial charge in [0.1, 0.15) is 5.82 Å². The Balaban J connectivity index is 2.88. The van der Waals surface area contributed by atoms with E-state index >= 15 is 0 Å². The molecule has 0 amide bonds. The quantitative estimate of drug-likeness (QED) is 0.883. The molecule has 0 aliphatic carbocycles. The van der Waals surface area contributed by atoms with Crippen molar-refractivity contribution in [2.24, 2.45) is 5.41 Å². The molecule has 1 N–H and O–H groups in total. The molecule has 0 spiro atoms. The van der Waals surface area contributed by atoms with Crippen molar-refractivity contribution in [3.8, 4) is 0 Å². The van der Waals surface area contributed by atoms with E-state index < -0.39 is 0 Å². The summed E-state index contributed by atoms with van der Waals surface area (Å²) in [5, 5.41) is 3.35. The molecule has 1 unspecified atom stereocenters. The molecule has 0 saturated heterocycles. The molecule has 3 heteroatoms. The normalized spacial score (nSPS) is 13.4. The number of aromatic nitrogens is 1. The van der Waals surface area contributed by atoms with Crippen LogP contribution in [0.1, 0.15) is 45.9 Å². The molecule has 0 aliphatic rings. The first kappa shape index (κ1) is 16.0. The summed E-state index contributed by atoms with van der Waals surface area (Å²) in [6, 6.07) is 4.76. The molecule has 0 bridgehead atoms. The number of nitrogens with one attached hydrogen (secondary N) is 1. The minimum atomic E-state index is 0.243. The lowest BCUT2D eigenvalue weighted by Gasteiger charge is -2.36. The predicted molar refractivity (Wildman–Crippen MR) is 83.7 cm³/mol. The fourth-order valence-corrected chi connectivity index (χ4v) is 2.00. The lowest BCUT2D eigenvalue weighted by atomic mass is 9.87. The Morgan fingerprint density at radius 2 is 1.95 bits per heavy atom. The molecule has 3 nitrogen and oxygen atoms in total. The maximum atomic E-state index is 4.75. The minimum absolute atomic E-state index is 0.243. The van der Waals surface area contributed by atoms with Gasteiger partial charge in [-0.1, -0.05) is 33.8 Å². The van der Waals surface area contributed by atoms with Crippen LogP contribution in [-0.4, -0.2) is 24.6 Å². The Hall–Kier alpha value is -1.09. The van der Waals surface area contributed by atoms with Gasteiger partial charge in [-0.15, -0.1) is 0 Å². The minimum Gasteiger partial charge on any atom is -0.356 e. The number of rotatable bonds is 5. The average molecular weight is 263 g/mol. The zero-order chi connectivity index (χ0) is 14.6. The van der Waals surface area contributed by atoms with Gasteiger partial charge in [0.15, 0.2) is 0 Å². The standard InChI is InChI=1S/C16H29N3/c1-8-17-11-14-9-10-15(18-12(14)2)19(7)13(3)16(4,5)6/h9-10,13,17H,8,11H2,1-7H3. The molecule has 0 saturated carbocycles. The Morgan fingerprint density at radius 3 is 2.42 bits per heavy atom. The highest BCUT2D eigenvalue weighted by molar-refractivity contribution is 5.42. The lowest BCUT2D eigenvalue weighted by molar-refractivity contribution is 0.328. The summed E-state index contributed by atoms with van der Waals surface area (Å²) in [7, 11) is 2.13. The molecular formula is C16H29N3. The van der Waals surface area contributed by atoms with Crippen LogP contribution >= 0.6 is 0 Å². The fraction of sp³-hybridized carbons (Fsp3) is 0.688. The predicted octanol–water partition coefficient (Wildman–Crippen LogP) is 3.37. The van der Waals surface area contributed by atoms with E-state index in [0.717, 1.165) is 24.6 Å². The SMILES string of the molecule is CCNCc1ccc(N(C)C(C)C(C)(C)C)nc1C. The van der Waals surface area contributed by atoms with Gasteiger partial charge in [0, 0.05) is 25.3 Å². The van der Waals surface area contributed by atoms with Crippen molar-refractivity contribution in [3.05, 3.63) is 23.4 Å². The molecule has 0 aromatic carbocycles. The second-order valence-electron chi connectivity index (χ2n) is 6.35. The molecule has 108 valence electrons. The molecule has 19 heavy (non-hydrogen) atoms. The molecular weight excluding hydrogens is 234 g/mol. The summed E-state index contributed by atoms with van der Waals surface area (Å²) < 4.78 is 0. The lowest BCUT2D eigenvalue weighted by Crippen LogP contribution is -2.39. The number of pyridine rings is 1. The van der Waals surface area contributed by atoms with Gasteiger partial charge in [-0.3, -0.25) is 0 Å². The van der Waals surface area contributed by atoms with Gasteiger partial charge < -0.3 is 10.2 Å². The van der Waals surface area contributed by atoms with Gasteiger partial charge >= 0.3 is 0 Å². The van der Waals surface area contributed by atoms with Gasteiger partial charge in [0.2, 0.25) is 0 Å². The summed E-state index contributed by atoms with van der Waals surface area (Å²) in [5.41, 5.74) is 2.64. The number of anilines is 1. The summed E-state index contributed by atoms with van der Waals surface area (Å²) in [5.74, 6) is 1.06. The van der Waals surface area contributed by atoms with Gasteiger partial charge in [-0.2, -0.15) is 0 Å². The van der Waals surface area contributed by atoms with Gasteiger partial charge in [0.25, 0.3) is 0 Å². The third-order valence-electron chi connectivity index (χ3n) is 3.94. The van der Waals surface area contributed by atoms with Crippen LogP contribution in [0.3, 0.4) is 0 Å². The van der Waals surface area contributed by atoms with E-state index in [1.807, 2.05) is 0 Å². The maximum absolute atomic E-state index is 4.75. The molecule has 1 aromatic heterocycles. The van der Waals surface area contributed by atoms with Crippen molar-refractivity contribution >= 4 is 5.82 Å². The maximum Gasteiger partial charge on any atom is 0.128 e. The van der Waals surface area contributed by atoms with Crippen LogP contribution in [0.4, 0.5) is 5.82 Å². The van der Waals surface area contributed by atoms with E-state index in [0.29, 0.717) is 6.04 Å². The van der Waals surface area contributed by atoms with Crippen LogP contribution in [0.5, 0.6) is 0 Å².